The van der Waals surface area contributed by atoms with E-state index in [1.54, 1.807) is 26.0 Å². The van der Waals surface area contributed by atoms with Crippen molar-refractivity contribution in [3.05, 3.63) is 29.6 Å². The number of hydrogen-bond donors (Lipinski definition) is 1. The van der Waals surface area contributed by atoms with Crippen LogP contribution in [-0.4, -0.2) is 31.8 Å². The molecule has 0 aliphatic heterocycles. The summed E-state index contributed by atoms with van der Waals surface area (Å²) in [6.45, 7) is 6.12. The zero-order chi connectivity index (χ0) is 15.2. The van der Waals surface area contributed by atoms with E-state index in [2.05, 4.69) is 5.32 Å². The first-order valence-corrected chi connectivity index (χ1v) is 6.65. The third-order valence-electron chi connectivity index (χ3n) is 3.07. The number of halogens is 1. The van der Waals surface area contributed by atoms with Crippen LogP contribution in [0.2, 0.25) is 0 Å². The van der Waals surface area contributed by atoms with Crippen molar-refractivity contribution in [1.82, 2.24) is 5.32 Å². The highest BCUT2D eigenvalue weighted by atomic mass is 19.1. The smallest absolute Gasteiger partial charge is 0.329 e. The molecule has 0 fully saturated rings. The second kappa shape index (κ2) is 7.24. The zero-order valence-corrected chi connectivity index (χ0v) is 12.5. The molecule has 1 N–H and O–H groups in total. The fourth-order valence-electron chi connectivity index (χ4n) is 1.70. The zero-order valence-electron chi connectivity index (χ0n) is 12.5. The summed E-state index contributed by atoms with van der Waals surface area (Å²) < 4.78 is 23.8. The van der Waals surface area contributed by atoms with Crippen molar-refractivity contribution in [3.8, 4) is 5.75 Å². The molecule has 0 amide bonds. The molecule has 0 radical (unpaired) electrons. The highest BCUT2D eigenvalue weighted by molar-refractivity contribution is 5.80. The molecule has 0 saturated heterocycles. The standard InChI is InChI=1S/C15H22FNO3/c1-5-8-17-15(3,14(18)19-4)10-20-12-7-6-11(2)13(16)9-12/h6-7,9,17H,5,8,10H2,1-4H3. The number of hydrogen-bond acceptors (Lipinski definition) is 4. The average Bonchev–Trinajstić information content (AvgIpc) is 2.45. The third kappa shape index (κ3) is 4.20. The normalized spacial score (nSPS) is 13.7. The minimum Gasteiger partial charge on any atom is -0.491 e. The van der Waals surface area contributed by atoms with Gasteiger partial charge in [0.15, 0.2) is 0 Å². The van der Waals surface area contributed by atoms with Crippen molar-refractivity contribution < 1.29 is 18.7 Å². The van der Waals surface area contributed by atoms with Crippen LogP contribution in [0.4, 0.5) is 4.39 Å². The minimum absolute atomic E-state index is 0.0716. The van der Waals surface area contributed by atoms with E-state index in [4.69, 9.17) is 9.47 Å². The van der Waals surface area contributed by atoms with Crippen LogP contribution in [0, 0.1) is 12.7 Å². The van der Waals surface area contributed by atoms with Gasteiger partial charge in [-0.05, 0) is 38.4 Å². The predicted octanol–water partition coefficient (Wildman–Crippen LogP) is 2.44. The molecule has 0 aliphatic carbocycles. The fourth-order valence-corrected chi connectivity index (χ4v) is 1.70. The Morgan fingerprint density at radius 2 is 2.15 bits per heavy atom. The minimum atomic E-state index is -0.952. The van der Waals surface area contributed by atoms with Crippen molar-refractivity contribution in [2.75, 3.05) is 20.3 Å². The highest BCUT2D eigenvalue weighted by Gasteiger charge is 2.34. The van der Waals surface area contributed by atoms with E-state index in [1.165, 1.54) is 13.2 Å². The number of aryl methyl sites for hydroxylation is 1. The Labute approximate surface area is 119 Å². The van der Waals surface area contributed by atoms with Gasteiger partial charge in [-0.2, -0.15) is 0 Å². The van der Waals surface area contributed by atoms with Crippen LogP contribution < -0.4 is 10.1 Å². The molecule has 1 unspecified atom stereocenters. The van der Waals surface area contributed by atoms with Gasteiger partial charge in [-0.15, -0.1) is 0 Å². The Hall–Kier alpha value is -1.62. The van der Waals surface area contributed by atoms with Crippen molar-refractivity contribution in [2.45, 2.75) is 32.7 Å². The van der Waals surface area contributed by atoms with Crippen molar-refractivity contribution in [1.29, 1.82) is 0 Å². The SMILES string of the molecule is CCCNC(C)(COc1ccc(C)c(F)c1)C(=O)OC. The van der Waals surface area contributed by atoms with Crippen LogP contribution in [0.15, 0.2) is 18.2 Å². The van der Waals surface area contributed by atoms with Crippen molar-refractivity contribution in [2.24, 2.45) is 0 Å². The fraction of sp³-hybridized carbons (Fsp3) is 0.533. The number of carbonyl (C=O) groups is 1. The van der Waals surface area contributed by atoms with Crippen molar-refractivity contribution in [3.63, 3.8) is 0 Å². The first kappa shape index (κ1) is 16.4. The van der Waals surface area contributed by atoms with Gasteiger partial charge in [0.2, 0.25) is 0 Å². The van der Waals surface area contributed by atoms with Crippen molar-refractivity contribution >= 4 is 5.97 Å². The Balaban J connectivity index is 2.75. The topological polar surface area (TPSA) is 47.6 Å². The van der Waals surface area contributed by atoms with Crippen LogP contribution in [0.5, 0.6) is 5.75 Å². The summed E-state index contributed by atoms with van der Waals surface area (Å²) in [4.78, 5) is 11.8. The lowest BCUT2D eigenvalue weighted by Gasteiger charge is -2.27. The van der Waals surface area contributed by atoms with E-state index in [1.807, 2.05) is 6.92 Å². The quantitative estimate of drug-likeness (QED) is 0.781. The summed E-state index contributed by atoms with van der Waals surface area (Å²) >= 11 is 0. The van der Waals surface area contributed by atoms with Crippen LogP contribution in [-0.2, 0) is 9.53 Å². The molecular formula is C15H22FNO3. The van der Waals surface area contributed by atoms with E-state index in [9.17, 15) is 9.18 Å². The lowest BCUT2D eigenvalue weighted by Crippen LogP contribution is -2.54. The Morgan fingerprint density at radius 1 is 1.45 bits per heavy atom. The van der Waals surface area contributed by atoms with Gasteiger partial charge in [0.25, 0.3) is 0 Å². The van der Waals surface area contributed by atoms with Gasteiger partial charge in [0, 0.05) is 6.07 Å². The number of ether oxygens (including phenoxy) is 2. The average molecular weight is 283 g/mol. The van der Waals surface area contributed by atoms with Crippen LogP contribution in [0.3, 0.4) is 0 Å². The second-order valence-electron chi connectivity index (χ2n) is 4.95. The Bertz CT molecular complexity index is 464. The molecule has 0 saturated carbocycles. The summed E-state index contributed by atoms with van der Waals surface area (Å²) in [6.07, 6.45) is 0.881. The number of rotatable bonds is 7. The lowest BCUT2D eigenvalue weighted by molar-refractivity contribution is -0.149. The maximum absolute atomic E-state index is 13.4. The molecule has 1 atom stereocenters. The molecule has 0 spiro atoms. The second-order valence-corrected chi connectivity index (χ2v) is 4.95. The number of nitrogens with one attached hydrogen (secondary N) is 1. The van der Waals surface area contributed by atoms with Gasteiger partial charge in [-0.3, -0.25) is 5.32 Å². The molecule has 0 aromatic heterocycles. The lowest BCUT2D eigenvalue weighted by atomic mass is 10.0. The molecule has 5 heteroatoms. The maximum atomic E-state index is 13.4. The van der Waals surface area contributed by atoms with Gasteiger partial charge < -0.3 is 9.47 Å². The summed E-state index contributed by atoms with van der Waals surface area (Å²) in [6, 6.07) is 4.63. The molecule has 0 aliphatic rings. The monoisotopic (exact) mass is 283 g/mol. The van der Waals surface area contributed by atoms with Gasteiger partial charge in [0.1, 0.15) is 23.7 Å². The summed E-state index contributed by atoms with van der Waals surface area (Å²) in [5.41, 5.74) is -0.399. The molecule has 0 heterocycles. The first-order chi connectivity index (χ1) is 9.42. The molecule has 20 heavy (non-hydrogen) atoms. The molecular weight excluding hydrogens is 261 g/mol. The largest absolute Gasteiger partial charge is 0.491 e. The highest BCUT2D eigenvalue weighted by Crippen LogP contribution is 2.18. The van der Waals surface area contributed by atoms with E-state index in [-0.39, 0.29) is 12.4 Å². The predicted molar refractivity (Wildman–Crippen MR) is 75.3 cm³/mol. The van der Waals surface area contributed by atoms with Gasteiger partial charge >= 0.3 is 5.97 Å². The summed E-state index contributed by atoms with van der Waals surface area (Å²) in [7, 11) is 1.33. The van der Waals surface area contributed by atoms with Gasteiger partial charge in [-0.25, -0.2) is 9.18 Å². The summed E-state index contributed by atoms with van der Waals surface area (Å²) in [5, 5.41) is 3.10. The third-order valence-corrected chi connectivity index (χ3v) is 3.07. The molecule has 1 aromatic carbocycles. The van der Waals surface area contributed by atoms with E-state index in [0.29, 0.717) is 17.9 Å². The van der Waals surface area contributed by atoms with Crippen LogP contribution >= 0.6 is 0 Å². The number of benzene rings is 1. The molecule has 0 bridgehead atoms. The van der Waals surface area contributed by atoms with E-state index >= 15 is 0 Å². The first-order valence-electron chi connectivity index (χ1n) is 6.65. The van der Waals surface area contributed by atoms with Crippen LogP contribution in [0.25, 0.3) is 0 Å². The van der Waals surface area contributed by atoms with Gasteiger partial charge in [-0.1, -0.05) is 13.0 Å². The number of carbonyl (C=O) groups excluding carboxylic acids is 1. The summed E-state index contributed by atoms with van der Waals surface area (Å²) in [5.74, 6) is -0.344. The molecule has 1 rings (SSSR count). The van der Waals surface area contributed by atoms with Gasteiger partial charge in [0.05, 0.1) is 7.11 Å². The van der Waals surface area contributed by atoms with E-state index in [0.717, 1.165) is 6.42 Å². The molecule has 112 valence electrons. The Morgan fingerprint density at radius 3 is 2.70 bits per heavy atom. The molecule has 4 nitrogen and oxygen atoms in total. The maximum Gasteiger partial charge on any atom is 0.329 e. The Kier molecular flexibility index (Phi) is 5.95. The number of methoxy groups -OCH3 is 1. The number of esters is 1. The van der Waals surface area contributed by atoms with Crippen LogP contribution in [0.1, 0.15) is 25.8 Å². The van der Waals surface area contributed by atoms with E-state index < -0.39 is 11.5 Å². The molecule has 1 aromatic rings.